The van der Waals surface area contributed by atoms with E-state index in [9.17, 15) is 9.13 Å². The highest BCUT2D eigenvalue weighted by molar-refractivity contribution is 7.94. The van der Waals surface area contributed by atoms with E-state index in [1.54, 1.807) is 29.5 Å². The molecule has 0 aliphatic carbocycles. The van der Waals surface area contributed by atoms with Crippen LogP contribution in [-0.4, -0.2) is 0 Å². The molecule has 18 heavy (non-hydrogen) atoms. The van der Waals surface area contributed by atoms with Crippen LogP contribution in [0.2, 0.25) is 0 Å². The second kappa shape index (κ2) is 6.78. The van der Waals surface area contributed by atoms with Crippen molar-refractivity contribution in [2.24, 2.45) is 16.5 Å². The molecule has 1 atom stereocenters. The van der Waals surface area contributed by atoms with Gasteiger partial charge in [-0.1, -0.05) is 23.4 Å². The van der Waals surface area contributed by atoms with Gasteiger partial charge < -0.3 is 0 Å². The maximum atomic E-state index is 11.3. The Balaban J connectivity index is 2.30. The molecule has 0 aliphatic heterocycles. The van der Waals surface area contributed by atoms with Crippen LogP contribution in [0.3, 0.4) is 0 Å². The predicted molar refractivity (Wildman–Crippen MR) is 66.5 cm³/mol. The SMILES string of the molecule is NP(N)(=O)OP(N)(=O)NOOSc1ccccc1. The average Bonchev–Trinajstić information content (AvgIpc) is 2.23. The maximum absolute atomic E-state index is 11.3. The van der Waals surface area contributed by atoms with Crippen LogP contribution < -0.4 is 21.8 Å². The maximum Gasteiger partial charge on any atom is 0.370 e. The zero-order valence-electron chi connectivity index (χ0n) is 8.96. The molecule has 0 aromatic heterocycles. The Labute approximate surface area is 108 Å². The zero-order chi connectivity index (χ0) is 13.6. The van der Waals surface area contributed by atoms with E-state index in [0.29, 0.717) is 0 Å². The summed E-state index contributed by atoms with van der Waals surface area (Å²) in [6.45, 7) is 0. The summed E-state index contributed by atoms with van der Waals surface area (Å²) >= 11 is 0.831. The summed E-state index contributed by atoms with van der Waals surface area (Å²) in [6.07, 6.45) is 0. The van der Waals surface area contributed by atoms with Crippen molar-refractivity contribution in [1.29, 1.82) is 0 Å². The lowest BCUT2D eigenvalue weighted by molar-refractivity contribution is -0.221. The molecule has 0 saturated heterocycles. The van der Waals surface area contributed by atoms with Gasteiger partial charge in [0.2, 0.25) is 0 Å². The summed E-state index contributed by atoms with van der Waals surface area (Å²) in [5.74, 6) is 0. The molecule has 0 heterocycles. The van der Waals surface area contributed by atoms with Gasteiger partial charge in [-0.15, -0.1) is 9.32 Å². The molecule has 12 heteroatoms. The van der Waals surface area contributed by atoms with Crippen molar-refractivity contribution in [1.82, 2.24) is 5.25 Å². The van der Waals surface area contributed by atoms with Gasteiger partial charge in [0.05, 0.1) is 12.0 Å². The van der Waals surface area contributed by atoms with E-state index in [1.807, 2.05) is 6.07 Å². The number of nitrogens with two attached hydrogens (primary N) is 3. The van der Waals surface area contributed by atoms with Crippen LogP contribution in [0.25, 0.3) is 0 Å². The topological polar surface area (TPSA) is 152 Å². The summed E-state index contributed by atoms with van der Waals surface area (Å²) in [6, 6.07) is 8.90. The van der Waals surface area contributed by atoms with Gasteiger partial charge in [0.15, 0.2) is 0 Å². The molecule has 0 amide bonds. The number of nitrogens with one attached hydrogen (secondary N) is 1. The number of rotatable bonds is 7. The molecule has 1 aromatic rings. The van der Waals surface area contributed by atoms with Crippen molar-refractivity contribution in [3.05, 3.63) is 30.3 Å². The monoisotopic (exact) mass is 314 g/mol. The molecular formula is C6H12N4O5P2S. The van der Waals surface area contributed by atoms with Crippen LogP contribution in [-0.2, 0) is 22.8 Å². The molecule has 0 radical (unpaired) electrons. The lowest BCUT2D eigenvalue weighted by atomic mass is 10.4. The van der Waals surface area contributed by atoms with Crippen molar-refractivity contribution >= 4 is 27.4 Å². The fourth-order valence-electron chi connectivity index (χ4n) is 0.806. The van der Waals surface area contributed by atoms with Gasteiger partial charge in [-0.3, -0.25) is 9.13 Å². The van der Waals surface area contributed by atoms with E-state index in [0.717, 1.165) is 16.9 Å². The third-order valence-corrected chi connectivity index (χ3v) is 4.24. The fraction of sp³-hybridized carbons (Fsp3) is 0. The van der Waals surface area contributed by atoms with Crippen LogP contribution in [0, 0.1) is 0 Å². The lowest BCUT2D eigenvalue weighted by Crippen LogP contribution is -2.20. The Hall–Kier alpha value is -0.250. The van der Waals surface area contributed by atoms with Crippen LogP contribution >= 0.6 is 27.4 Å². The molecule has 1 unspecified atom stereocenters. The number of benzene rings is 1. The zero-order valence-corrected chi connectivity index (χ0v) is 11.6. The van der Waals surface area contributed by atoms with E-state index in [-0.39, 0.29) is 0 Å². The van der Waals surface area contributed by atoms with Crippen LogP contribution in [0.15, 0.2) is 35.2 Å². The Morgan fingerprint density at radius 2 is 1.72 bits per heavy atom. The normalized spacial score (nSPS) is 15.3. The first-order chi connectivity index (χ1) is 8.29. The largest absolute Gasteiger partial charge is 0.370 e. The van der Waals surface area contributed by atoms with E-state index < -0.39 is 15.3 Å². The second-order valence-electron chi connectivity index (χ2n) is 2.96. The second-order valence-corrected chi connectivity index (χ2v) is 7.06. The summed E-state index contributed by atoms with van der Waals surface area (Å²) in [7, 11) is -8.05. The summed E-state index contributed by atoms with van der Waals surface area (Å²) < 4.78 is 30.9. The fourth-order valence-corrected chi connectivity index (χ4v) is 3.06. The first-order valence-electron chi connectivity index (χ1n) is 4.38. The van der Waals surface area contributed by atoms with Crippen LogP contribution in [0.5, 0.6) is 0 Å². The van der Waals surface area contributed by atoms with Gasteiger partial charge in [-0.25, -0.2) is 20.8 Å². The Morgan fingerprint density at radius 3 is 2.28 bits per heavy atom. The van der Waals surface area contributed by atoms with Gasteiger partial charge >= 0.3 is 15.3 Å². The first-order valence-corrected chi connectivity index (χ1v) is 8.58. The molecule has 0 bridgehead atoms. The standard InChI is InChI=1S/C6H12N4O5P2S/c7-16(8,11)15-17(9,12)10-13-14-18-6-4-2-1-3-5-6/h1-5H,(H4,7,8,11)(H3,9,10,12). The Bertz CT molecular complexity index is 468. The third kappa shape index (κ3) is 7.24. The van der Waals surface area contributed by atoms with Crippen LogP contribution in [0.4, 0.5) is 0 Å². The number of hydrogen-bond donors (Lipinski definition) is 4. The van der Waals surface area contributed by atoms with E-state index in [2.05, 4.69) is 13.6 Å². The third-order valence-electron chi connectivity index (χ3n) is 1.32. The highest BCUT2D eigenvalue weighted by Gasteiger charge is 2.26. The van der Waals surface area contributed by atoms with Crippen LogP contribution in [0.1, 0.15) is 0 Å². The van der Waals surface area contributed by atoms with Crippen molar-refractivity contribution in [3.63, 3.8) is 0 Å². The first kappa shape index (κ1) is 15.8. The molecule has 1 rings (SSSR count). The van der Waals surface area contributed by atoms with E-state index in [4.69, 9.17) is 16.5 Å². The summed E-state index contributed by atoms with van der Waals surface area (Å²) in [4.78, 5) is 5.05. The molecule has 7 N–H and O–H groups in total. The van der Waals surface area contributed by atoms with Gasteiger partial charge in [0, 0.05) is 4.90 Å². The summed E-state index contributed by atoms with van der Waals surface area (Å²) in [5, 5.41) is 1.72. The molecule has 0 saturated carbocycles. The van der Waals surface area contributed by atoms with E-state index >= 15 is 0 Å². The quantitative estimate of drug-likeness (QED) is 0.190. The minimum Gasteiger partial charge on any atom is -0.256 e. The highest BCUT2D eigenvalue weighted by Crippen LogP contribution is 2.47. The Kier molecular flexibility index (Phi) is 5.96. The summed E-state index contributed by atoms with van der Waals surface area (Å²) in [5.41, 5.74) is 14.7. The van der Waals surface area contributed by atoms with E-state index in [1.165, 1.54) is 0 Å². The molecule has 1 aromatic carbocycles. The molecule has 0 aliphatic rings. The molecule has 9 nitrogen and oxygen atoms in total. The smallest absolute Gasteiger partial charge is 0.256 e. The molecular weight excluding hydrogens is 302 g/mol. The van der Waals surface area contributed by atoms with Crippen molar-refractivity contribution < 1.29 is 22.8 Å². The van der Waals surface area contributed by atoms with Crippen molar-refractivity contribution in [3.8, 4) is 0 Å². The molecule has 0 spiro atoms. The minimum atomic E-state index is -4.06. The van der Waals surface area contributed by atoms with Gasteiger partial charge in [-0.05, 0) is 12.1 Å². The lowest BCUT2D eigenvalue weighted by Gasteiger charge is -2.14. The minimum absolute atomic E-state index is 0.732. The highest BCUT2D eigenvalue weighted by atomic mass is 32.2. The van der Waals surface area contributed by atoms with Crippen molar-refractivity contribution in [2.45, 2.75) is 4.90 Å². The number of hydrogen-bond acceptors (Lipinski definition) is 6. The Morgan fingerprint density at radius 1 is 1.11 bits per heavy atom. The van der Waals surface area contributed by atoms with Gasteiger partial charge in [0.25, 0.3) is 0 Å². The predicted octanol–water partition coefficient (Wildman–Crippen LogP) is 1.26. The average molecular weight is 314 g/mol. The van der Waals surface area contributed by atoms with Gasteiger partial charge in [0.1, 0.15) is 0 Å². The van der Waals surface area contributed by atoms with Crippen molar-refractivity contribution in [2.75, 3.05) is 0 Å². The molecule has 0 fully saturated rings. The molecule has 102 valence electrons. The van der Waals surface area contributed by atoms with Gasteiger partial charge in [-0.2, -0.15) is 0 Å².